The number of aromatic nitrogens is 3. The third kappa shape index (κ3) is 2.97. The fraction of sp³-hybridized carbons (Fsp3) is 0.333. The van der Waals surface area contributed by atoms with E-state index in [2.05, 4.69) is 45.3 Å². The van der Waals surface area contributed by atoms with Gasteiger partial charge in [0.2, 0.25) is 0 Å². The van der Waals surface area contributed by atoms with Gasteiger partial charge in [-0.15, -0.1) is 0 Å². The largest absolute Gasteiger partial charge is 0.271 e. The number of rotatable bonds is 4. The topological polar surface area (TPSA) is 68.8 Å². The molecule has 2 aromatic rings. The van der Waals surface area contributed by atoms with Crippen LogP contribution in [-0.4, -0.2) is 14.8 Å². The number of hydrogen-bond donors (Lipinski definition) is 2. The van der Waals surface area contributed by atoms with Crippen molar-refractivity contribution in [1.29, 1.82) is 0 Å². The minimum absolute atomic E-state index is 0.209. The highest BCUT2D eigenvalue weighted by Crippen LogP contribution is 2.30. The molecular formula is C12H15BrClN5. The molecule has 102 valence electrons. The van der Waals surface area contributed by atoms with E-state index >= 15 is 0 Å². The van der Waals surface area contributed by atoms with Gasteiger partial charge in [-0.2, -0.15) is 5.10 Å². The molecule has 2 heterocycles. The highest BCUT2D eigenvalue weighted by atomic mass is 79.9. The first-order chi connectivity index (χ1) is 9.04. The first kappa shape index (κ1) is 14.5. The Morgan fingerprint density at radius 1 is 1.47 bits per heavy atom. The summed E-state index contributed by atoms with van der Waals surface area (Å²) in [5.41, 5.74) is 4.70. The number of halogens is 2. The van der Waals surface area contributed by atoms with Crippen molar-refractivity contribution in [3.63, 3.8) is 0 Å². The van der Waals surface area contributed by atoms with Gasteiger partial charge in [0.15, 0.2) is 0 Å². The van der Waals surface area contributed by atoms with Crippen LogP contribution < -0.4 is 11.3 Å². The first-order valence-corrected chi connectivity index (χ1v) is 7.02. The zero-order chi connectivity index (χ0) is 14.0. The van der Waals surface area contributed by atoms with E-state index < -0.39 is 0 Å². The summed E-state index contributed by atoms with van der Waals surface area (Å²) in [6.07, 6.45) is 3.43. The summed E-state index contributed by atoms with van der Waals surface area (Å²) >= 11 is 9.45. The van der Waals surface area contributed by atoms with Crippen molar-refractivity contribution in [2.24, 2.45) is 5.84 Å². The monoisotopic (exact) mass is 343 g/mol. The van der Waals surface area contributed by atoms with Crippen LogP contribution in [0.1, 0.15) is 37.2 Å². The Balaban J connectivity index is 2.51. The fourth-order valence-corrected chi connectivity index (χ4v) is 2.65. The standard InChI is InChI=1S/C12H15BrClN5/c1-7(2)19-12(9(13)6-17-19)11(18-15)8-3-4-16-10(14)5-8/h3-7,11,18H,15H2,1-2H3. The normalized spacial score (nSPS) is 12.9. The highest BCUT2D eigenvalue weighted by molar-refractivity contribution is 9.10. The molecule has 0 saturated heterocycles. The van der Waals surface area contributed by atoms with Crippen molar-refractivity contribution in [2.75, 3.05) is 0 Å². The molecule has 0 aliphatic rings. The lowest BCUT2D eigenvalue weighted by Crippen LogP contribution is -2.31. The van der Waals surface area contributed by atoms with E-state index in [1.54, 1.807) is 18.5 Å². The molecule has 0 spiro atoms. The number of pyridine rings is 1. The number of hydrogen-bond acceptors (Lipinski definition) is 4. The maximum atomic E-state index is 5.94. The molecule has 0 bridgehead atoms. The van der Waals surface area contributed by atoms with Crippen molar-refractivity contribution < 1.29 is 0 Å². The zero-order valence-electron chi connectivity index (χ0n) is 10.6. The van der Waals surface area contributed by atoms with Crippen molar-refractivity contribution in [3.8, 4) is 0 Å². The van der Waals surface area contributed by atoms with Crippen LogP contribution >= 0.6 is 27.5 Å². The molecule has 0 saturated carbocycles. The highest BCUT2D eigenvalue weighted by Gasteiger charge is 2.22. The maximum Gasteiger partial charge on any atom is 0.129 e. The Morgan fingerprint density at radius 2 is 2.21 bits per heavy atom. The Hall–Kier alpha value is -0.950. The van der Waals surface area contributed by atoms with Crippen molar-refractivity contribution >= 4 is 27.5 Å². The Labute approximate surface area is 125 Å². The van der Waals surface area contributed by atoms with Gasteiger partial charge in [-0.3, -0.25) is 10.5 Å². The molecule has 0 aliphatic carbocycles. The number of hydrazine groups is 1. The molecule has 3 N–H and O–H groups in total. The SMILES string of the molecule is CC(C)n1ncc(Br)c1C(NN)c1ccnc(Cl)c1. The van der Waals surface area contributed by atoms with E-state index in [1.807, 2.05) is 10.7 Å². The lowest BCUT2D eigenvalue weighted by molar-refractivity contribution is 0.475. The van der Waals surface area contributed by atoms with E-state index in [-0.39, 0.29) is 12.1 Å². The summed E-state index contributed by atoms with van der Waals surface area (Å²) in [7, 11) is 0. The van der Waals surface area contributed by atoms with Gasteiger partial charge in [0, 0.05) is 12.2 Å². The molecule has 0 radical (unpaired) electrons. The Morgan fingerprint density at radius 3 is 2.79 bits per heavy atom. The number of nitrogens with zero attached hydrogens (tertiary/aromatic N) is 3. The average molecular weight is 345 g/mol. The zero-order valence-corrected chi connectivity index (χ0v) is 13.0. The summed E-state index contributed by atoms with van der Waals surface area (Å²) in [6, 6.07) is 3.69. The van der Waals surface area contributed by atoms with Crippen LogP contribution in [0.5, 0.6) is 0 Å². The second kappa shape index (κ2) is 6.00. The molecule has 7 heteroatoms. The second-order valence-corrected chi connectivity index (χ2v) is 5.67. The van der Waals surface area contributed by atoms with E-state index in [9.17, 15) is 0 Å². The molecule has 0 aromatic carbocycles. The molecule has 19 heavy (non-hydrogen) atoms. The Bertz CT molecular complexity index is 569. The molecule has 0 fully saturated rings. The quantitative estimate of drug-likeness (QED) is 0.508. The average Bonchev–Trinajstić information content (AvgIpc) is 2.73. The van der Waals surface area contributed by atoms with Gasteiger partial charge in [-0.1, -0.05) is 11.6 Å². The fourth-order valence-electron chi connectivity index (χ4n) is 1.96. The molecule has 1 atom stereocenters. The smallest absolute Gasteiger partial charge is 0.129 e. The molecule has 0 aliphatic heterocycles. The summed E-state index contributed by atoms with van der Waals surface area (Å²) in [6.45, 7) is 4.13. The predicted molar refractivity (Wildman–Crippen MR) is 78.7 cm³/mol. The van der Waals surface area contributed by atoms with E-state index in [0.717, 1.165) is 15.7 Å². The molecule has 1 unspecified atom stereocenters. The van der Waals surface area contributed by atoms with Crippen molar-refractivity contribution in [3.05, 3.63) is 45.4 Å². The van der Waals surface area contributed by atoms with E-state index in [1.165, 1.54) is 0 Å². The van der Waals surface area contributed by atoms with Gasteiger partial charge in [-0.05, 0) is 47.5 Å². The molecule has 2 aromatic heterocycles. The van der Waals surface area contributed by atoms with Gasteiger partial charge in [-0.25, -0.2) is 10.4 Å². The van der Waals surface area contributed by atoms with Gasteiger partial charge in [0.25, 0.3) is 0 Å². The van der Waals surface area contributed by atoms with Gasteiger partial charge >= 0.3 is 0 Å². The molecule has 5 nitrogen and oxygen atoms in total. The van der Waals surface area contributed by atoms with Crippen LogP contribution in [0.4, 0.5) is 0 Å². The minimum Gasteiger partial charge on any atom is -0.271 e. The van der Waals surface area contributed by atoms with Crippen LogP contribution in [0.3, 0.4) is 0 Å². The van der Waals surface area contributed by atoms with Crippen molar-refractivity contribution in [1.82, 2.24) is 20.2 Å². The van der Waals surface area contributed by atoms with Crippen LogP contribution in [-0.2, 0) is 0 Å². The third-order valence-electron chi connectivity index (χ3n) is 2.80. The van der Waals surface area contributed by atoms with Gasteiger partial charge < -0.3 is 0 Å². The second-order valence-electron chi connectivity index (χ2n) is 4.43. The Kier molecular flexibility index (Phi) is 4.57. The van der Waals surface area contributed by atoms with Crippen LogP contribution in [0.25, 0.3) is 0 Å². The lowest BCUT2D eigenvalue weighted by Gasteiger charge is -2.20. The predicted octanol–water partition coefficient (Wildman–Crippen LogP) is 2.83. The molecular weight excluding hydrogens is 330 g/mol. The van der Waals surface area contributed by atoms with E-state index in [4.69, 9.17) is 17.4 Å². The van der Waals surface area contributed by atoms with Gasteiger partial charge in [0.1, 0.15) is 5.15 Å². The third-order valence-corrected chi connectivity index (χ3v) is 3.62. The molecule has 0 amide bonds. The lowest BCUT2D eigenvalue weighted by atomic mass is 10.1. The minimum atomic E-state index is -0.209. The maximum absolute atomic E-state index is 5.94. The van der Waals surface area contributed by atoms with Crippen LogP contribution in [0, 0.1) is 0 Å². The van der Waals surface area contributed by atoms with E-state index in [0.29, 0.717) is 5.15 Å². The van der Waals surface area contributed by atoms with Crippen molar-refractivity contribution in [2.45, 2.75) is 25.9 Å². The summed E-state index contributed by atoms with van der Waals surface area (Å²) in [5, 5.41) is 4.79. The number of nitrogens with one attached hydrogen (secondary N) is 1. The van der Waals surface area contributed by atoms with Gasteiger partial charge in [0.05, 0.1) is 22.4 Å². The summed E-state index contributed by atoms with van der Waals surface area (Å²) in [4.78, 5) is 3.98. The van der Waals surface area contributed by atoms with Crippen LogP contribution in [0.2, 0.25) is 5.15 Å². The van der Waals surface area contributed by atoms with Crippen LogP contribution in [0.15, 0.2) is 29.0 Å². The number of nitrogens with two attached hydrogens (primary N) is 1. The first-order valence-electron chi connectivity index (χ1n) is 5.85. The summed E-state index contributed by atoms with van der Waals surface area (Å²) in [5.74, 6) is 5.71. The molecule has 2 rings (SSSR count). The summed E-state index contributed by atoms with van der Waals surface area (Å²) < 4.78 is 2.82.